The molecule has 5 heteroatoms. The van der Waals surface area contributed by atoms with E-state index in [1.807, 2.05) is 13.0 Å². The molecule has 118 valence electrons. The summed E-state index contributed by atoms with van der Waals surface area (Å²) in [4.78, 5) is 2.42. The largest absolute Gasteiger partial charge is 0.309 e. The van der Waals surface area contributed by atoms with Gasteiger partial charge in [0.1, 0.15) is 0 Å². The molecule has 1 saturated heterocycles. The normalized spacial score (nSPS) is 21.5. The zero-order valence-electron chi connectivity index (χ0n) is 13.0. The van der Waals surface area contributed by atoms with E-state index in [2.05, 4.69) is 34.5 Å². The minimum Gasteiger partial charge on any atom is -0.309 e. The first kappa shape index (κ1) is 16.5. The SMILES string of the molecule is CCS(=O)(=O)CC(C)NC1CCN(Cc2ccccc2)C1. The Morgan fingerprint density at radius 2 is 2.05 bits per heavy atom. The molecule has 1 aromatic rings. The lowest BCUT2D eigenvalue weighted by Crippen LogP contribution is -2.42. The Kier molecular flexibility index (Phi) is 5.79. The van der Waals surface area contributed by atoms with E-state index in [-0.39, 0.29) is 17.5 Å². The molecule has 0 bridgehead atoms. The number of sulfone groups is 1. The minimum atomic E-state index is -2.90. The van der Waals surface area contributed by atoms with Gasteiger partial charge in [0.2, 0.25) is 0 Å². The van der Waals surface area contributed by atoms with Gasteiger partial charge >= 0.3 is 0 Å². The molecule has 1 fully saturated rings. The first-order chi connectivity index (χ1) is 9.98. The Bertz CT molecular complexity index is 530. The lowest BCUT2D eigenvalue weighted by atomic mass is 10.2. The predicted octanol–water partition coefficient (Wildman–Crippen LogP) is 1.67. The highest BCUT2D eigenvalue weighted by atomic mass is 32.2. The van der Waals surface area contributed by atoms with E-state index in [9.17, 15) is 8.42 Å². The molecule has 0 amide bonds. The van der Waals surface area contributed by atoms with Crippen LogP contribution < -0.4 is 5.32 Å². The zero-order valence-corrected chi connectivity index (χ0v) is 13.8. The van der Waals surface area contributed by atoms with Crippen LogP contribution in [0.1, 0.15) is 25.8 Å². The van der Waals surface area contributed by atoms with Crippen LogP contribution in [0.2, 0.25) is 0 Å². The number of hydrogen-bond acceptors (Lipinski definition) is 4. The maximum atomic E-state index is 11.6. The number of nitrogens with one attached hydrogen (secondary N) is 1. The number of nitrogens with zero attached hydrogens (tertiary/aromatic N) is 1. The fourth-order valence-corrected chi connectivity index (χ4v) is 4.00. The van der Waals surface area contributed by atoms with Gasteiger partial charge in [0, 0.05) is 37.5 Å². The molecule has 0 aromatic heterocycles. The number of likely N-dealkylation sites (tertiary alicyclic amines) is 1. The third-order valence-electron chi connectivity index (χ3n) is 3.99. The molecule has 4 nitrogen and oxygen atoms in total. The Hall–Kier alpha value is -0.910. The molecule has 1 aliphatic rings. The molecule has 21 heavy (non-hydrogen) atoms. The smallest absolute Gasteiger partial charge is 0.151 e. The summed E-state index contributed by atoms with van der Waals surface area (Å²) in [6.07, 6.45) is 1.09. The van der Waals surface area contributed by atoms with Crippen molar-refractivity contribution in [3.05, 3.63) is 35.9 Å². The Morgan fingerprint density at radius 3 is 2.71 bits per heavy atom. The van der Waals surface area contributed by atoms with Crippen molar-refractivity contribution in [3.8, 4) is 0 Å². The maximum absolute atomic E-state index is 11.6. The predicted molar refractivity (Wildman–Crippen MR) is 87.0 cm³/mol. The van der Waals surface area contributed by atoms with E-state index >= 15 is 0 Å². The molecule has 2 unspecified atom stereocenters. The van der Waals surface area contributed by atoms with E-state index in [1.165, 1.54) is 5.56 Å². The first-order valence-corrected chi connectivity index (χ1v) is 9.53. The van der Waals surface area contributed by atoms with Crippen molar-refractivity contribution in [2.75, 3.05) is 24.6 Å². The highest BCUT2D eigenvalue weighted by Gasteiger charge is 2.24. The fraction of sp³-hybridized carbons (Fsp3) is 0.625. The molecular weight excluding hydrogens is 284 g/mol. The molecular formula is C16H26N2O2S. The van der Waals surface area contributed by atoms with Crippen molar-refractivity contribution < 1.29 is 8.42 Å². The summed E-state index contributed by atoms with van der Waals surface area (Å²) >= 11 is 0. The van der Waals surface area contributed by atoms with E-state index in [1.54, 1.807) is 6.92 Å². The van der Waals surface area contributed by atoms with E-state index in [0.29, 0.717) is 6.04 Å². The van der Waals surface area contributed by atoms with Crippen LogP contribution in [0.3, 0.4) is 0 Å². The molecule has 0 aliphatic carbocycles. The van der Waals surface area contributed by atoms with Gasteiger partial charge < -0.3 is 5.32 Å². The van der Waals surface area contributed by atoms with Crippen molar-refractivity contribution in [3.63, 3.8) is 0 Å². The Morgan fingerprint density at radius 1 is 1.33 bits per heavy atom. The lowest BCUT2D eigenvalue weighted by Gasteiger charge is -2.20. The van der Waals surface area contributed by atoms with E-state index < -0.39 is 9.84 Å². The quantitative estimate of drug-likeness (QED) is 0.832. The van der Waals surface area contributed by atoms with Gasteiger partial charge in [-0.1, -0.05) is 37.3 Å². The Labute approximate surface area is 128 Å². The fourth-order valence-electron chi connectivity index (χ4n) is 2.90. The highest BCUT2D eigenvalue weighted by molar-refractivity contribution is 7.91. The van der Waals surface area contributed by atoms with Gasteiger partial charge in [0.15, 0.2) is 9.84 Å². The van der Waals surface area contributed by atoms with Gasteiger partial charge in [-0.2, -0.15) is 0 Å². The Balaban J connectivity index is 1.77. The van der Waals surface area contributed by atoms with Crippen LogP contribution >= 0.6 is 0 Å². The van der Waals surface area contributed by atoms with Crippen molar-refractivity contribution in [2.45, 2.75) is 38.9 Å². The van der Waals surface area contributed by atoms with Crippen LogP contribution in [0, 0.1) is 0 Å². The van der Waals surface area contributed by atoms with Gasteiger partial charge in [-0.05, 0) is 18.9 Å². The summed E-state index contributed by atoms with van der Waals surface area (Å²) in [7, 11) is -2.90. The summed E-state index contributed by atoms with van der Waals surface area (Å²) < 4.78 is 23.3. The molecule has 1 aliphatic heterocycles. The van der Waals surface area contributed by atoms with Crippen molar-refractivity contribution in [1.82, 2.24) is 10.2 Å². The summed E-state index contributed by atoms with van der Waals surface area (Å²) in [5.41, 5.74) is 1.33. The average molecular weight is 310 g/mol. The summed E-state index contributed by atoms with van der Waals surface area (Å²) in [5, 5.41) is 3.46. The molecule has 2 rings (SSSR count). The second-order valence-electron chi connectivity index (χ2n) is 5.97. The number of rotatable bonds is 7. The van der Waals surface area contributed by atoms with Crippen LogP contribution in [0.5, 0.6) is 0 Å². The van der Waals surface area contributed by atoms with Crippen LogP contribution in [-0.4, -0.2) is 50.0 Å². The van der Waals surface area contributed by atoms with Gasteiger partial charge in [-0.25, -0.2) is 8.42 Å². The van der Waals surface area contributed by atoms with Gasteiger partial charge in [0.25, 0.3) is 0 Å². The van der Waals surface area contributed by atoms with Crippen LogP contribution in [0.15, 0.2) is 30.3 Å². The van der Waals surface area contributed by atoms with E-state index in [0.717, 1.165) is 26.1 Å². The molecule has 2 atom stereocenters. The molecule has 1 N–H and O–H groups in total. The van der Waals surface area contributed by atoms with Crippen LogP contribution in [-0.2, 0) is 16.4 Å². The molecule has 1 aromatic carbocycles. The van der Waals surface area contributed by atoms with Gasteiger partial charge in [-0.15, -0.1) is 0 Å². The summed E-state index contributed by atoms with van der Waals surface area (Å²) in [6.45, 7) is 6.71. The second-order valence-corrected chi connectivity index (χ2v) is 8.37. The topological polar surface area (TPSA) is 49.4 Å². The van der Waals surface area contributed by atoms with Crippen molar-refractivity contribution in [2.24, 2.45) is 0 Å². The standard InChI is InChI=1S/C16H26N2O2S/c1-3-21(19,20)13-14(2)17-16-9-10-18(12-16)11-15-7-5-4-6-8-15/h4-8,14,16-17H,3,9-13H2,1-2H3. The first-order valence-electron chi connectivity index (χ1n) is 7.71. The lowest BCUT2D eigenvalue weighted by molar-refractivity contribution is 0.317. The summed E-state index contributed by atoms with van der Waals surface area (Å²) in [6, 6.07) is 10.9. The zero-order chi connectivity index (χ0) is 15.3. The average Bonchev–Trinajstić information content (AvgIpc) is 2.86. The monoisotopic (exact) mass is 310 g/mol. The molecule has 0 saturated carbocycles. The van der Waals surface area contributed by atoms with Crippen LogP contribution in [0.4, 0.5) is 0 Å². The molecule has 0 spiro atoms. The van der Waals surface area contributed by atoms with Gasteiger partial charge in [-0.3, -0.25) is 4.90 Å². The van der Waals surface area contributed by atoms with Crippen molar-refractivity contribution >= 4 is 9.84 Å². The van der Waals surface area contributed by atoms with Crippen LogP contribution in [0.25, 0.3) is 0 Å². The van der Waals surface area contributed by atoms with Gasteiger partial charge in [0.05, 0.1) is 5.75 Å². The highest BCUT2D eigenvalue weighted by Crippen LogP contribution is 2.14. The van der Waals surface area contributed by atoms with Crippen molar-refractivity contribution in [1.29, 1.82) is 0 Å². The molecule has 1 heterocycles. The number of benzene rings is 1. The molecule has 0 radical (unpaired) electrons. The van der Waals surface area contributed by atoms with E-state index in [4.69, 9.17) is 0 Å². The maximum Gasteiger partial charge on any atom is 0.151 e. The second kappa shape index (κ2) is 7.38. The number of hydrogen-bond donors (Lipinski definition) is 1. The third-order valence-corrected chi connectivity index (χ3v) is 5.87. The summed E-state index contributed by atoms with van der Waals surface area (Å²) in [5.74, 6) is 0.461. The third kappa shape index (κ3) is 5.41. The minimum absolute atomic E-state index is 0.0247.